The average Bonchev–Trinajstić information content (AvgIpc) is 2.65. The van der Waals surface area contributed by atoms with E-state index in [1.807, 2.05) is 60.7 Å². The second-order valence-electron chi connectivity index (χ2n) is 5.47. The van der Waals surface area contributed by atoms with Crippen molar-refractivity contribution < 1.29 is 14.2 Å². The molecule has 24 heavy (non-hydrogen) atoms. The molecule has 3 aromatic rings. The maximum atomic E-state index is 14.7. The van der Waals surface area contributed by atoms with Gasteiger partial charge in [0, 0.05) is 5.56 Å². The summed E-state index contributed by atoms with van der Waals surface area (Å²) in [6.07, 6.45) is 0. The summed E-state index contributed by atoms with van der Waals surface area (Å²) in [6, 6.07) is 25.7. The van der Waals surface area contributed by atoms with Crippen molar-refractivity contribution in [1.29, 1.82) is 0 Å². The van der Waals surface area contributed by atoms with Crippen LogP contribution in [0.15, 0.2) is 84.9 Å². The molecule has 3 heteroatoms. The van der Waals surface area contributed by atoms with Crippen LogP contribution in [-0.4, -0.2) is 18.3 Å². The van der Waals surface area contributed by atoms with E-state index in [0.717, 1.165) is 11.1 Å². The fourth-order valence-electron chi connectivity index (χ4n) is 3.01. The van der Waals surface area contributed by atoms with E-state index in [1.165, 1.54) is 6.07 Å². The van der Waals surface area contributed by atoms with E-state index in [0.29, 0.717) is 5.56 Å². The number of ether oxygens (including phenoxy) is 1. The molecule has 0 aliphatic heterocycles. The number of benzene rings is 3. The third-order valence-corrected chi connectivity index (χ3v) is 4.02. The number of aliphatic hydroxyl groups is 1. The molecule has 0 bridgehead atoms. The average molecular weight is 322 g/mol. The van der Waals surface area contributed by atoms with E-state index < -0.39 is 5.60 Å². The molecule has 0 spiro atoms. The Labute approximate surface area is 141 Å². The highest BCUT2D eigenvalue weighted by Crippen LogP contribution is 2.41. The van der Waals surface area contributed by atoms with Gasteiger partial charge in [0.25, 0.3) is 0 Å². The summed E-state index contributed by atoms with van der Waals surface area (Å²) >= 11 is 0. The van der Waals surface area contributed by atoms with Crippen molar-refractivity contribution in [2.45, 2.75) is 5.60 Å². The lowest BCUT2D eigenvalue weighted by Gasteiger charge is -2.35. The highest BCUT2D eigenvalue weighted by molar-refractivity contribution is 5.47. The lowest BCUT2D eigenvalue weighted by molar-refractivity contribution is -0.00848. The van der Waals surface area contributed by atoms with Gasteiger partial charge in [0.05, 0.1) is 13.2 Å². The van der Waals surface area contributed by atoms with Gasteiger partial charge in [0.15, 0.2) is 0 Å². The molecule has 0 heterocycles. The summed E-state index contributed by atoms with van der Waals surface area (Å²) in [4.78, 5) is 0. The van der Waals surface area contributed by atoms with Gasteiger partial charge >= 0.3 is 0 Å². The first kappa shape index (κ1) is 16.4. The highest BCUT2D eigenvalue weighted by Gasteiger charge is 2.39. The molecule has 3 aromatic carbocycles. The molecule has 0 radical (unpaired) electrons. The Balaban J connectivity index is 2.31. The lowest BCUT2D eigenvalue weighted by atomic mass is 9.80. The summed E-state index contributed by atoms with van der Waals surface area (Å²) in [5.74, 6) is -0.344. The number of hydrogen-bond donors (Lipinski definition) is 1. The van der Waals surface area contributed by atoms with Crippen LogP contribution >= 0.6 is 0 Å². The van der Waals surface area contributed by atoms with Gasteiger partial charge in [-0.05, 0) is 17.2 Å². The van der Waals surface area contributed by atoms with Crippen molar-refractivity contribution in [1.82, 2.24) is 0 Å². The third-order valence-electron chi connectivity index (χ3n) is 4.02. The fourth-order valence-corrected chi connectivity index (χ4v) is 3.01. The first-order chi connectivity index (χ1) is 11.8. The molecular weight excluding hydrogens is 303 g/mol. The Bertz CT molecular complexity index is 733. The standard InChI is InChI=1S/C21H19FO2/c22-20-14-8-7-13-19(20)21(24-16-15-23,17-9-3-1-4-10-17)18-11-5-2-6-12-18/h1-14,23H,15-16H2. The molecule has 1 N–H and O–H groups in total. The Kier molecular flexibility index (Phi) is 5.04. The summed E-state index contributed by atoms with van der Waals surface area (Å²) in [5, 5.41) is 9.32. The SMILES string of the molecule is OCCOC(c1ccccc1)(c1ccccc1)c1ccccc1F. The fraction of sp³-hybridized carbons (Fsp3) is 0.143. The first-order valence-corrected chi connectivity index (χ1v) is 7.90. The van der Waals surface area contributed by atoms with Gasteiger partial charge in [-0.1, -0.05) is 78.9 Å². The molecule has 0 aromatic heterocycles. The molecule has 0 atom stereocenters. The largest absolute Gasteiger partial charge is 0.394 e. The summed E-state index contributed by atoms with van der Waals surface area (Å²) in [7, 11) is 0. The van der Waals surface area contributed by atoms with Gasteiger partial charge in [0.1, 0.15) is 11.4 Å². The zero-order valence-corrected chi connectivity index (χ0v) is 13.2. The topological polar surface area (TPSA) is 29.5 Å². The molecule has 122 valence electrons. The zero-order chi connectivity index (χ0) is 16.8. The van der Waals surface area contributed by atoms with Gasteiger partial charge in [-0.2, -0.15) is 0 Å². The lowest BCUT2D eigenvalue weighted by Crippen LogP contribution is -2.35. The van der Waals surface area contributed by atoms with Crippen LogP contribution in [-0.2, 0) is 10.3 Å². The van der Waals surface area contributed by atoms with E-state index >= 15 is 0 Å². The second kappa shape index (κ2) is 7.39. The Morgan fingerprint density at radius 3 is 1.75 bits per heavy atom. The van der Waals surface area contributed by atoms with Gasteiger partial charge in [0.2, 0.25) is 0 Å². The minimum Gasteiger partial charge on any atom is -0.394 e. The van der Waals surface area contributed by atoms with E-state index in [2.05, 4.69) is 0 Å². The zero-order valence-electron chi connectivity index (χ0n) is 13.2. The van der Waals surface area contributed by atoms with Crippen molar-refractivity contribution in [3.63, 3.8) is 0 Å². The predicted molar refractivity (Wildman–Crippen MR) is 92.2 cm³/mol. The van der Waals surface area contributed by atoms with Crippen molar-refractivity contribution >= 4 is 0 Å². The van der Waals surface area contributed by atoms with Crippen LogP contribution in [0, 0.1) is 5.82 Å². The van der Waals surface area contributed by atoms with Crippen LogP contribution in [0.5, 0.6) is 0 Å². The monoisotopic (exact) mass is 322 g/mol. The molecule has 0 fully saturated rings. The predicted octanol–water partition coefficient (Wildman–Crippen LogP) is 4.13. The maximum Gasteiger partial charge on any atom is 0.146 e. The molecule has 0 saturated heterocycles. The summed E-state index contributed by atoms with van der Waals surface area (Å²) < 4.78 is 20.9. The minimum absolute atomic E-state index is 0.0954. The van der Waals surface area contributed by atoms with Crippen LogP contribution < -0.4 is 0 Å². The Morgan fingerprint density at radius 2 is 1.25 bits per heavy atom. The van der Waals surface area contributed by atoms with Gasteiger partial charge in [-0.15, -0.1) is 0 Å². The molecule has 0 saturated carbocycles. The first-order valence-electron chi connectivity index (χ1n) is 7.90. The van der Waals surface area contributed by atoms with Crippen molar-refractivity contribution in [2.24, 2.45) is 0 Å². The quantitative estimate of drug-likeness (QED) is 0.692. The minimum atomic E-state index is -1.11. The molecule has 2 nitrogen and oxygen atoms in total. The van der Waals surface area contributed by atoms with E-state index in [9.17, 15) is 9.50 Å². The number of halogens is 1. The van der Waals surface area contributed by atoms with Crippen molar-refractivity contribution in [2.75, 3.05) is 13.2 Å². The van der Waals surface area contributed by atoms with Gasteiger partial charge < -0.3 is 9.84 Å². The molecule has 0 amide bonds. The molecule has 3 rings (SSSR count). The molecule has 0 aliphatic carbocycles. The van der Waals surface area contributed by atoms with Gasteiger partial charge in [-0.3, -0.25) is 0 Å². The smallest absolute Gasteiger partial charge is 0.146 e. The van der Waals surface area contributed by atoms with Gasteiger partial charge in [-0.25, -0.2) is 4.39 Å². The van der Waals surface area contributed by atoms with Crippen LogP contribution in [0.3, 0.4) is 0 Å². The Morgan fingerprint density at radius 1 is 0.750 bits per heavy atom. The molecule has 0 aliphatic rings. The van der Waals surface area contributed by atoms with Crippen LogP contribution in [0.2, 0.25) is 0 Å². The van der Waals surface area contributed by atoms with Crippen LogP contribution in [0.25, 0.3) is 0 Å². The highest BCUT2D eigenvalue weighted by atomic mass is 19.1. The number of rotatable bonds is 6. The van der Waals surface area contributed by atoms with Crippen molar-refractivity contribution in [3.8, 4) is 0 Å². The molecular formula is C21H19FO2. The summed E-state index contributed by atoms with van der Waals surface area (Å²) in [5.41, 5.74) is 0.941. The maximum absolute atomic E-state index is 14.7. The molecule has 0 unspecified atom stereocenters. The number of hydrogen-bond acceptors (Lipinski definition) is 2. The van der Waals surface area contributed by atoms with E-state index in [1.54, 1.807) is 18.2 Å². The van der Waals surface area contributed by atoms with E-state index in [4.69, 9.17) is 4.74 Å². The second-order valence-corrected chi connectivity index (χ2v) is 5.47. The third kappa shape index (κ3) is 2.96. The van der Waals surface area contributed by atoms with Crippen LogP contribution in [0.1, 0.15) is 16.7 Å². The van der Waals surface area contributed by atoms with Crippen LogP contribution in [0.4, 0.5) is 4.39 Å². The number of aliphatic hydroxyl groups excluding tert-OH is 1. The van der Waals surface area contributed by atoms with E-state index in [-0.39, 0.29) is 19.0 Å². The normalized spacial score (nSPS) is 11.4. The van der Waals surface area contributed by atoms with Crippen molar-refractivity contribution in [3.05, 3.63) is 107 Å². The Hall–Kier alpha value is -2.49. The summed E-state index contributed by atoms with van der Waals surface area (Å²) in [6.45, 7) is -0.0476.